The molecule has 0 aromatic rings. The number of carboxylic acid groups (broad SMARTS) is 1. The molecule has 0 aliphatic carbocycles. The van der Waals surface area contributed by atoms with Crippen LogP contribution in [0.3, 0.4) is 0 Å². The van der Waals surface area contributed by atoms with Crippen LogP contribution in [0.2, 0.25) is 0 Å². The van der Waals surface area contributed by atoms with Gasteiger partial charge < -0.3 is 10.4 Å². The van der Waals surface area contributed by atoms with Crippen molar-refractivity contribution >= 4 is 23.7 Å². The van der Waals surface area contributed by atoms with Crippen LogP contribution in [0.1, 0.15) is 51.4 Å². The number of aliphatic carboxylic acids is 1. The smallest absolute Gasteiger partial charge is 0.303 e. The summed E-state index contributed by atoms with van der Waals surface area (Å²) >= 11 is 0. The number of amides is 3. The average molecular weight is 367 g/mol. The molecular formula is C18H29N3O5. The average Bonchev–Trinajstić information content (AvgIpc) is 2.62. The molecule has 0 aliphatic heterocycles. The molecule has 0 saturated carbocycles. The number of unbranched alkanes of at least 4 members (excludes halogenated alkanes) is 4. The van der Waals surface area contributed by atoms with Crippen LogP contribution in [0.15, 0.2) is 25.3 Å². The van der Waals surface area contributed by atoms with E-state index in [0.29, 0.717) is 38.8 Å². The molecule has 0 bridgehead atoms. The molecule has 0 radical (unpaired) electrons. The Bertz CT molecular complexity index is 505. The van der Waals surface area contributed by atoms with Crippen molar-refractivity contribution < 1.29 is 24.3 Å². The van der Waals surface area contributed by atoms with E-state index in [1.54, 1.807) is 0 Å². The van der Waals surface area contributed by atoms with E-state index in [1.165, 1.54) is 5.01 Å². The van der Waals surface area contributed by atoms with E-state index in [0.717, 1.165) is 31.4 Å². The highest BCUT2D eigenvalue weighted by Crippen LogP contribution is 2.03. The number of hydrogen-bond donors (Lipinski definition) is 3. The van der Waals surface area contributed by atoms with Crippen molar-refractivity contribution in [3.05, 3.63) is 25.3 Å². The summed E-state index contributed by atoms with van der Waals surface area (Å²) < 4.78 is 0. The number of hydrazine groups is 1. The van der Waals surface area contributed by atoms with Gasteiger partial charge in [0, 0.05) is 25.9 Å². The van der Waals surface area contributed by atoms with Crippen molar-refractivity contribution in [3.63, 3.8) is 0 Å². The van der Waals surface area contributed by atoms with Crippen LogP contribution >= 0.6 is 0 Å². The van der Waals surface area contributed by atoms with E-state index in [2.05, 4.69) is 23.9 Å². The van der Waals surface area contributed by atoms with Gasteiger partial charge >= 0.3 is 5.97 Å². The van der Waals surface area contributed by atoms with E-state index in [-0.39, 0.29) is 12.3 Å². The molecule has 8 nitrogen and oxygen atoms in total. The van der Waals surface area contributed by atoms with E-state index in [9.17, 15) is 19.2 Å². The number of rotatable bonds is 14. The third kappa shape index (κ3) is 12.7. The summed E-state index contributed by atoms with van der Waals surface area (Å²) in [6, 6.07) is 0. The van der Waals surface area contributed by atoms with E-state index in [1.807, 2.05) is 0 Å². The molecular weight excluding hydrogens is 338 g/mol. The lowest BCUT2D eigenvalue weighted by atomic mass is 10.1. The minimum atomic E-state index is -0.800. The normalized spacial score (nSPS) is 9.85. The predicted octanol–water partition coefficient (Wildman–Crippen LogP) is 1.54. The Labute approximate surface area is 154 Å². The first kappa shape index (κ1) is 23.4. The maximum atomic E-state index is 11.7. The Morgan fingerprint density at radius 3 is 2.15 bits per heavy atom. The highest BCUT2D eigenvalue weighted by molar-refractivity contribution is 5.92. The van der Waals surface area contributed by atoms with Gasteiger partial charge in [-0.1, -0.05) is 26.0 Å². The first-order chi connectivity index (χ1) is 12.4. The number of carbonyl (C=O) groups excluding carboxylic acids is 3. The minimum absolute atomic E-state index is 0.0396. The van der Waals surface area contributed by atoms with Crippen molar-refractivity contribution in [2.75, 3.05) is 13.1 Å². The van der Waals surface area contributed by atoms with Crippen LogP contribution in [0.25, 0.3) is 0 Å². The highest BCUT2D eigenvalue weighted by Gasteiger charge is 2.11. The Morgan fingerprint density at radius 2 is 1.54 bits per heavy atom. The molecule has 8 heteroatoms. The monoisotopic (exact) mass is 367 g/mol. The van der Waals surface area contributed by atoms with Crippen molar-refractivity contribution in [1.29, 1.82) is 0 Å². The molecule has 0 rings (SSSR count). The van der Waals surface area contributed by atoms with Crippen molar-refractivity contribution in [2.45, 2.75) is 51.4 Å². The lowest BCUT2D eigenvalue weighted by Gasteiger charge is -2.21. The second-order valence-electron chi connectivity index (χ2n) is 5.74. The quantitative estimate of drug-likeness (QED) is 0.245. The summed E-state index contributed by atoms with van der Waals surface area (Å²) in [4.78, 5) is 44.9. The molecule has 146 valence electrons. The first-order valence-corrected chi connectivity index (χ1v) is 8.76. The molecule has 0 saturated heterocycles. The predicted molar refractivity (Wildman–Crippen MR) is 97.8 cm³/mol. The molecule has 0 aromatic carbocycles. The van der Waals surface area contributed by atoms with Crippen molar-refractivity contribution in [2.24, 2.45) is 0 Å². The molecule has 26 heavy (non-hydrogen) atoms. The summed E-state index contributed by atoms with van der Waals surface area (Å²) in [6.45, 7) is 7.60. The van der Waals surface area contributed by atoms with Gasteiger partial charge in [0.25, 0.3) is 11.8 Å². The lowest BCUT2D eigenvalue weighted by Crippen LogP contribution is -2.45. The summed E-state index contributed by atoms with van der Waals surface area (Å²) in [6.07, 6.45) is 6.95. The van der Waals surface area contributed by atoms with Gasteiger partial charge in [0.15, 0.2) is 0 Å². The minimum Gasteiger partial charge on any atom is -0.481 e. The molecule has 3 amide bonds. The largest absolute Gasteiger partial charge is 0.481 e. The fourth-order valence-electron chi connectivity index (χ4n) is 2.14. The highest BCUT2D eigenvalue weighted by atomic mass is 16.4. The van der Waals surface area contributed by atoms with Crippen molar-refractivity contribution in [3.8, 4) is 0 Å². The summed E-state index contributed by atoms with van der Waals surface area (Å²) in [5.41, 5.74) is 2.41. The zero-order valence-electron chi connectivity index (χ0n) is 15.2. The fourth-order valence-corrected chi connectivity index (χ4v) is 2.14. The van der Waals surface area contributed by atoms with Crippen LogP contribution in [0.5, 0.6) is 0 Å². The van der Waals surface area contributed by atoms with Gasteiger partial charge in [-0.2, -0.15) is 0 Å². The second kappa shape index (κ2) is 14.7. The molecule has 0 fully saturated rings. The lowest BCUT2D eigenvalue weighted by molar-refractivity contribution is -0.137. The maximum absolute atomic E-state index is 11.7. The number of hydrogen-bond acceptors (Lipinski definition) is 4. The van der Waals surface area contributed by atoms with E-state index < -0.39 is 17.8 Å². The Morgan fingerprint density at radius 1 is 0.885 bits per heavy atom. The number of carboxylic acids is 1. The third-order valence-corrected chi connectivity index (χ3v) is 3.55. The molecule has 0 atom stereocenters. The van der Waals surface area contributed by atoms with Gasteiger partial charge in [0.05, 0.1) is 0 Å². The standard InChI is InChI=1S/C18H29N3O5/c1-3-15(22)20-21(17(24)4-2)14-10-6-7-11-16(23)19-13-9-5-8-12-18(25)26/h3-4H,1-2,5-14H2,(H,19,23)(H,20,22)(H,25,26). The summed E-state index contributed by atoms with van der Waals surface area (Å²) in [5.74, 6) is -1.71. The van der Waals surface area contributed by atoms with Crippen LogP contribution < -0.4 is 10.7 Å². The summed E-state index contributed by atoms with van der Waals surface area (Å²) in [5, 5.41) is 12.5. The van der Waals surface area contributed by atoms with Crippen LogP contribution in [0, 0.1) is 0 Å². The zero-order chi connectivity index (χ0) is 19.8. The van der Waals surface area contributed by atoms with Crippen molar-refractivity contribution in [1.82, 2.24) is 15.8 Å². The van der Waals surface area contributed by atoms with E-state index >= 15 is 0 Å². The molecule has 0 spiro atoms. The SMILES string of the molecule is C=CC(=O)NN(CCCCCC(=O)NCCCCCC(=O)O)C(=O)C=C. The number of carbonyl (C=O) groups is 4. The molecule has 0 aliphatic rings. The number of nitrogens with one attached hydrogen (secondary N) is 2. The molecule has 3 N–H and O–H groups in total. The van der Waals surface area contributed by atoms with Gasteiger partial charge in [0.1, 0.15) is 0 Å². The van der Waals surface area contributed by atoms with Gasteiger partial charge in [-0.25, -0.2) is 0 Å². The second-order valence-corrected chi connectivity index (χ2v) is 5.74. The van der Waals surface area contributed by atoms with Gasteiger partial charge in [0.2, 0.25) is 5.91 Å². The fraction of sp³-hybridized carbons (Fsp3) is 0.556. The van der Waals surface area contributed by atoms with Crippen LogP contribution in [0.4, 0.5) is 0 Å². The Kier molecular flexibility index (Phi) is 13.2. The molecule has 0 aromatic heterocycles. The molecule has 0 heterocycles. The van der Waals surface area contributed by atoms with Crippen LogP contribution in [-0.4, -0.2) is 46.9 Å². The van der Waals surface area contributed by atoms with Crippen LogP contribution in [-0.2, 0) is 19.2 Å². The third-order valence-electron chi connectivity index (χ3n) is 3.55. The zero-order valence-corrected chi connectivity index (χ0v) is 15.2. The maximum Gasteiger partial charge on any atom is 0.303 e. The Hall–Kier alpha value is -2.64. The first-order valence-electron chi connectivity index (χ1n) is 8.76. The van der Waals surface area contributed by atoms with Gasteiger partial charge in [-0.3, -0.25) is 29.6 Å². The van der Waals surface area contributed by atoms with Gasteiger partial charge in [-0.05, 0) is 37.8 Å². The topological polar surface area (TPSA) is 116 Å². The molecule has 0 unspecified atom stereocenters. The summed E-state index contributed by atoms with van der Waals surface area (Å²) in [7, 11) is 0. The Balaban J connectivity index is 3.78. The van der Waals surface area contributed by atoms with E-state index in [4.69, 9.17) is 5.11 Å². The number of nitrogens with zero attached hydrogens (tertiary/aromatic N) is 1. The van der Waals surface area contributed by atoms with Gasteiger partial charge in [-0.15, -0.1) is 0 Å².